The van der Waals surface area contributed by atoms with Crippen LogP contribution in [0.4, 0.5) is 19.0 Å². The summed E-state index contributed by atoms with van der Waals surface area (Å²) in [6.07, 6.45) is -4.55. The van der Waals surface area contributed by atoms with Crippen LogP contribution in [0.15, 0.2) is 23.6 Å². The molecule has 1 N–H and O–H groups in total. The Morgan fingerprint density at radius 3 is 2.57 bits per heavy atom. The van der Waals surface area contributed by atoms with Crippen LogP contribution in [0.2, 0.25) is 5.28 Å². The zero-order chi connectivity index (χ0) is 15.7. The van der Waals surface area contributed by atoms with E-state index in [1.54, 1.807) is 11.3 Å². The van der Waals surface area contributed by atoms with Gasteiger partial charge in [-0.2, -0.15) is 13.2 Å². The summed E-state index contributed by atoms with van der Waals surface area (Å²) >= 11 is 7.14. The van der Waals surface area contributed by atoms with E-state index in [4.69, 9.17) is 11.6 Å². The summed E-state index contributed by atoms with van der Waals surface area (Å²) in [5, 5.41) is 4.43. The number of hydrogen-bond donors (Lipinski definition) is 1. The smallest absolute Gasteiger partial charge is 0.369 e. The van der Waals surface area contributed by atoms with Gasteiger partial charge in [-0.15, -0.1) is 11.3 Å². The number of nitrogens with zero attached hydrogens (tertiary/aromatic N) is 2. The van der Waals surface area contributed by atoms with Gasteiger partial charge in [0.25, 0.3) is 0 Å². The highest BCUT2D eigenvalue weighted by molar-refractivity contribution is 7.10. The maximum absolute atomic E-state index is 12.7. The highest BCUT2D eigenvalue weighted by Gasteiger charge is 2.33. The van der Waals surface area contributed by atoms with Gasteiger partial charge in [0.05, 0.1) is 0 Å². The molecular formula is C13H13ClF3N3S. The molecule has 0 saturated carbocycles. The average molecular weight is 336 g/mol. The van der Waals surface area contributed by atoms with Gasteiger partial charge in [0.1, 0.15) is 5.82 Å². The highest BCUT2D eigenvalue weighted by Crippen LogP contribution is 2.31. The SMILES string of the molecule is CC(C)(CNc1cc(C(F)(F)F)nc(Cl)n1)c1cccs1. The van der Waals surface area contributed by atoms with E-state index in [0.717, 1.165) is 10.9 Å². The molecule has 0 radical (unpaired) electrons. The van der Waals surface area contributed by atoms with Gasteiger partial charge in [0, 0.05) is 22.9 Å². The fraction of sp³-hybridized carbons (Fsp3) is 0.385. The molecule has 0 bridgehead atoms. The van der Waals surface area contributed by atoms with Gasteiger partial charge >= 0.3 is 6.18 Å². The Balaban J connectivity index is 2.15. The van der Waals surface area contributed by atoms with Crippen LogP contribution in [-0.4, -0.2) is 16.5 Å². The minimum absolute atomic E-state index is 0.0620. The van der Waals surface area contributed by atoms with E-state index in [2.05, 4.69) is 15.3 Å². The van der Waals surface area contributed by atoms with Crippen molar-refractivity contribution in [1.29, 1.82) is 0 Å². The first kappa shape index (κ1) is 16.0. The lowest BCUT2D eigenvalue weighted by Crippen LogP contribution is -2.27. The Labute approximate surface area is 129 Å². The molecular weight excluding hydrogens is 323 g/mol. The molecule has 21 heavy (non-hydrogen) atoms. The number of thiophene rings is 1. The molecule has 0 aliphatic heterocycles. The predicted octanol–water partition coefficient (Wildman–Crippen LogP) is 4.60. The fourth-order valence-electron chi connectivity index (χ4n) is 1.72. The van der Waals surface area contributed by atoms with Gasteiger partial charge in [-0.05, 0) is 23.0 Å². The second-order valence-electron chi connectivity index (χ2n) is 5.12. The predicted molar refractivity (Wildman–Crippen MR) is 77.9 cm³/mol. The van der Waals surface area contributed by atoms with Crippen molar-refractivity contribution in [3.05, 3.63) is 39.4 Å². The van der Waals surface area contributed by atoms with Gasteiger partial charge in [0.15, 0.2) is 5.69 Å². The number of nitrogens with one attached hydrogen (secondary N) is 1. The van der Waals surface area contributed by atoms with Crippen molar-refractivity contribution >= 4 is 28.8 Å². The maximum Gasteiger partial charge on any atom is 0.433 e. The summed E-state index contributed by atoms with van der Waals surface area (Å²) in [7, 11) is 0. The van der Waals surface area contributed by atoms with Crippen molar-refractivity contribution in [3.8, 4) is 0 Å². The van der Waals surface area contributed by atoms with E-state index in [9.17, 15) is 13.2 Å². The van der Waals surface area contributed by atoms with Crippen molar-refractivity contribution < 1.29 is 13.2 Å². The molecule has 0 aliphatic carbocycles. The molecule has 0 atom stereocenters. The Morgan fingerprint density at radius 2 is 2.00 bits per heavy atom. The third-order valence-corrected chi connectivity index (χ3v) is 4.29. The summed E-state index contributed by atoms with van der Waals surface area (Å²) < 4.78 is 38.0. The van der Waals surface area contributed by atoms with Crippen LogP contribution in [0, 0.1) is 0 Å². The van der Waals surface area contributed by atoms with Crippen LogP contribution >= 0.6 is 22.9 Å². The summed E-state index contributed by atoms with van der Waals surface area (Å²) in [6, 6.07) is 4.78. The third-order valence-electron chi connectivity index (χ3n) is 2.89. The van der Waals surface area contributed by atoms with Gasteiger partial charge in [-0.1, -0.05) is 19.9 Å². The van der Waals surface area contributed by atoms with Crippen molar-refractivity contribution in [1.82, 2.24) is 9.97 Å². The minimum atomic E-state index is -4.55. The van der Waals surface area contributed by atoms with E-state index in [0.29, 0.717) is 6.54 Å². The lowest BCUT2D eigenvalue weighted by atomic mass is 9.91. The molecule has 8 heteroatoms. The third kappa shape index (κ3) is 4.07. The normalized spacial score (nSPS) is 12.5. The van der Waals surface area contributed by atoms with Crippen LogP contribution < -0.4 is 5.32 Å². The first-order chi connectivity index (χ1) is 9.68. The van der Waals surface area contributed by atoms with E-state index < -0.39 is 17.2 Å². The van der Waals surface area contributed by atoms with E-state index >= 15 is 0 Å². The van der Waals surface area contributed by atoms with Crippen molar-refractivity contribution in [3.63, 3.8) is 0 Å². The number of rotatable bonds is 4. The second-order valence-corrected chi connectivity index (χ2v) is 6.41. The number of halogens is 4. The van der Waals surface area contributed by atoms with Crippen LogP contribution in [0.5, 0.6) is 0 Å². The van der Waals surface area contributed by atoms with E-state index in [-0.39, 0.29) is 11.2 Å². The molecule has 0 aliphatic rings. The standard InChI is InChI=1S/C13H13ClF3N3S/c1-12(2,9-4-3-5-21-9)7-18-10-6-8(13(15,16)17)19-11(14)20-10/h3-6H,7H2,1-2H3,(H,18,19,20). The Kier molecular flexibility index (Phi) is 4.43. The monoisotopic (exact) mass is 335 g/mol. The first-order valence-corrected chi connectivity index (χ1v) is 7.34. The largest absolute Gasteiger partial charge is 0.433 e. The van der Waals surface area contributed by atoms with E-state index in [1.807, 2.05) is 31.4 Å². The zero-order valence-corrected chi connectivity index (χ0v) is 12.9. The number of alkyl halides is 3. The quantitative estimate of drug-likeness (QED) is 0.830. The van der Waals surface area contributed by atoms with Crippen LogP contribution in [-0.2, 0) is 11.6 Å². The molecule has 3 nitrogen and oxygen atoms in total. The Hall–Kier alpha value is -1.34. The molecule has 114 valence electrons. The number of aromatic nitrogens is 2. The summed E-state index contributed by atoms with van der Waals surface area (Å²) in [5.74, 6) is 0.0620. The molecule has 2 heterocycles. The highest BCUT2D eigenvalue weighted by atomic mass is 35.5. The van der Waals surface area contributed by atoms with Crippen LogP contribution in [0.1, 0.15) is 24.4 Å². The summed E-state index contributed by atoms with van der Waals surface area (Å²) in [5.41, 5.74) is -1.29. The second kappa shape index (κ2) is 5.81. The lowest BCUT2D eigenvalue weighted by molar-refractivity contribution is -0.141. The number of hydrogen-bond acceptors (Lipinski definition) is 4. The zero-order valence-electron chi connectivity index (χ0n) is 11.3. The molecule has 0 fully saturated rings. The molecule has 2 aromatic rings. The average Bonchev–Trinajstić information content (AvgIpc) is 2.89. The first-order valence-electron chi connectivity index (χ1n) is 6.08. The molecule has 0 aromatic carbocycles. The van der Waals surface area contributed by atoms with Gasteiger partial charge in [-0.3, -0.25) is 0 Å². The molecule has 0 spiro atoms. The lowest BCUT2D eigenvalue weighted by Gasteiger charge is -2.24. The summed E-state index contributed by atoms with van der Waals surface area (Å²) in [6.45, 7) is 4.43. The minimum Gasteiger partial charge on any atom is -0.369 e. The Morgan fingerprint density at radius 1 is 1.29 bits per heavy atom. The van der Waals surface area contributed by atoms with Gasteiger partial charge in [0.2, 0.25) is 5.28 Å². The maximum atomic E-state index is 12.7. The van der Waals surface area contributed by atoms with Crippen molar-refractivity contribution in [2.24, 2.45) is 0 Å². The van der Waals surface area contributed by atoms with Gasteiger partial charge in [-0.25, -0.2) is 9.97 Å². The van der Waals surface area contributed by atoms with Crippen molar-refractivity contribution in [2.75, 3.05) is 11.9 Å². The van der Waals surface area contributed by atoms with Crippen LogP contribution in [0.3, 0.4) is 0 Å². The van der Waals surface area contributed by atoms with E-state index in [1.165, 1.54) is 0 Å². The number of anilines is 1. The van der Waals surface area contributed by atoms with Crippen molar-refractivity contribution in [2.45, 2.75) is 25.4 Å². The molecule has 2 aromatic heterocycles. The molecule has 0 saturated heterocycles. The van der Waals surface area contributed by atoms with Crippen LogP contribution in [0.25, 0.3) is 0 Å². The molecule has 2 rings (SSSR count). The summed E-state index contributed by atoms with van der Waals surface area (Å²) in [4.78, 5) is 8.10. The van der Waals surface area contributed by atoms with Gasteiger partial charge < -0.3 is 5.32 Å². The molecule has 0 amide bonds. The fourth-order valence-corrected chi connectivity index (χ4v) is 2.75. The Bertz CT molecular complexity index is 612. The topological polar surface area (TPSA) is 37.8 Å². The molecule has 0 unspecified atom stereocenters.